The molecule has 3 aromatic carbocycles. The third-order valence-electron chi connectivity index (χ3n) is 5.54. The van der Waals surface area contributed by atoms with Gasteiger partial charge in [0.05, 0.1) is 0 Å². The van der Waals surface area contributed by atoms with Crippen LogP contribution in [-0.4, -0.2) is 30.8 Å². The molecule has 0 heterocycles. The number of nitrogens with zero attached hydrogens (tertiary/aromatic N) is 1. The summed E-state index contributed by atoms with van der Waals surface area (Å²) < 4.78 is 5.69. The standard InChI is InChI=1S/C25H23NO4/c1-26(18-8-6-7-17(15-18)13-14-24(27)28)25(29)30-16-23-21-11-4-2-9-19(21)20-10-3-5-12-22(20)23/h2-12,15,23H,13-14,16H2,1H3,(H,27,28). The van der Waals surface area contributed by atoms with Crippen LogP contribution in [-0.2, 0) is 16.0 Å². The van der Waals surface area contributed by atoms with E-state index in [0.29, 0.717) is 12.1 Å². The maximum absolute atomic E-state index is 12.7. The van der Waals surface area contributed by atoms with Crippen LogP contribution in [0, 0.1) is 0 Å². The summed E-state index contributed by atoms with van der Waals surface area (Å²) in [5.41, 5.74) is 6.26. The van der Waals surface area contributed by atoms with Crippen molar-refractivity contribution in [3.63, 3.8) is 0 Å². The highest BCUT2D eigenvalue weighted by atomic mass is 16.6. The van der Waals surface area contributed by atoms with Crippen molar-refractivity contribution >= 4 is 17.7 Å². The van der Waals surface area contributed by atoms with Crippen LogP contribution in [0.2, 0.25) is 0 Å². The van der Waals surface area contributed by atoms with Gasteiger partial charge in [-0.3, -0.25) is 9.69 Å². The van der Waals surface area contributed by atoms with Crippen LogP contribution in [0.25, 0.3) is 11.1 Å². The molecule has 4 rings (SSSR count). The van der Waals surface area contributed by atoms with E-state index in [4.69, 9.17) is 9.84 Å². The average Bonchev–Trinajstić information content (AvgIpc) is 3.09. The van der Waals surface area contributed by atoms with Gasteiger partial charge < -0.3 is 9.84 Å². The van der Waals surface area contributed by atoms with Crippen LogP contribution in [0.5, 0.6) is 0 Å². The Hall–Kier alpha value is -3.60. The summed E-state index contributed by atoms with van der Waals surface area (Å²) in [5, 5.41) is 8.87. The number of hydrogen-bond donors (Lipinski definition) is 1. The molecule has 1 N–H and O–H groups in total. The Bertz CT molecular complexity index is 1050. The van der Waals surface area contributed by atoms with Crippen LogP contribution in [0.4, 0.5) is 10.5 Å². The van der Waals surface area contributed by atoms with E-state index in [9.17, 15) is 9.59 Å². The number of amides is 1. The van der Waals surface area contributed by atoms with Crippen molar-refractivity contribution in [2.24, 2.45) is 0 Å². The fourth-order valence-corrected chi connectivity index (χ4v) is 3.97. The molecule has 1 amide bonds. The van der Waals surface area contributed by atoms with Gasteiger partial charge in [0.15, 0.2) is 0 Å². The van der Waals surface area contributed by atoms with Gasteiger partial charge in [-0.15, -0.1) is 0 Å². The molecule has 1 aliphatic carbocycles. The van der Waals surface area contributed by atoms with Crippen LogP contribution in [0.15, 0.2) is 72.8 Å². The van der Waals surface area contributed by atoms with Crippen molar-refractivity contribution in [3.8, 4) is 11.1 Å². The van der Waals surface area contributed by atoms with Crippen LogP contribution < -0.4 is 4.90 Å². The van der Waals surface area contributed by atoms with Crippen molar-refractivity contribution in [3.05, 3.63) is 89.5 Å². The second-order valence-electron chi connectivity index (χ2n) is 7.43. The Morgan fingerprint density at radius 2 is 1.57 bits per heavy atom. The van der Waals surface area contributed by atoms with Crippen molar-refractivity contribution in [2.75, 3.05) is 18.6 Å². The third kappa shape index (κ3) is 3.92. The molecular weight excluding hydrogens is 378 g/mol. The molecular formula is C25H23NO4. The number of carbonyl (C=O) groups excluding carboxylic acids is 1. The van der Waals surface area contributed by atoms with E-state index in [1.807, 2.05) is 48.5 Å². The van der Waals surface area contributed by atoms with E-state index in [-0.39, 0.29) is 18.9 Å². The van der Waals surface area contributed by atoms with E-state index in [1.54, 1.807) is 7.05 Å². The fourth-order valence-electron chi connectivity index (χ4n) is 3.97. The molecule has 0 spiro atoms. The molecule has 0 atom stereocenters. The number of aryl methyl sites for hydroxylation is 1. The third-order valence-corrected chi connectivity index (χ3v) is 5.54. The lowest BCUT2D eigenvalue weighted by Gasteiger charge is -2.20. The van der Waals surface area contributed by atoms with Crippen molar-refractivity contribution in [1.29, 1.82) is 0 Å². The van der Waals surface area contributed by atoms with Gasteiger partial charge in [0.1, 0.15) is 6.61 Å². The minimum absolute atomic E-state index is 0.0108. The quantitative estimate of drug-likeness (QED) is 0.625. The number of anilines is 1. The zero-order valence-corrected chi connectivity index (χ0v) is 16.7. The summed E-state index contributed by atoms with van der Waals surface area (Å²) in [7, 11) is 1.66. The lowest BCUT2D eigenvalue weighted by Crippen LogP contribution is -2.28. The summed E-state index contributed by atoms with van der Waals surface area (Å²) in [6, 6.07) is 23.8. The monoisotopic (exact) mass is 401 g/mol. The molecule has 152 valence electrons. The number of hydrogen-bond acceptors (Lipinski definition) is 3. The molecule has 3 aromatic rings. The highest BCUT2D eigenvalue weighted by molar-refractivity contribution is 5.87. The van der Waals surface area contributed by atoms with Crippen molar-refractivity contribution in [2.45, 2.75) is 18.8 Å². The highest BCUT2D eigenvalue weighted by Gasteiger charge is 2.29. The van der Waals surface area contributed by atoms with E-state index < -0.39 is 12.1 Å². The molecule has 0 unspecified atom stereocenters. The number of ether oxygens (including phenoxy) is 1. The fraction of sp³-hybridized carbons (Fsp3) is 0.200. The van der Waals surface area contributed by atoms with E-state index in [0.717, 1.165) is 5.56 Å². The van der Waals surface area contributed by atoms with Crippen molar-refractivity contribution < 1.29 is 19.4 Å². The molecule has 0 saturated carbocycles. The Balaban J connectivity index is 1.46. The van der Waals surface area contributed by atoms with Gasteiger partial charge in [0.25, 0.3) is 0 Å². The summed E-state index contributed by atoms with van der Waals surface area (Å²) in [6.45, 7) is 0.260. The molecule has 0 aliphatic heterocycles. The first-order chi connectivity index (χ1) is 14.5. The molecule has 5 heteroatoms. The molecule has 1 aliphatic rings. The lowest BCUT2D eigenvalue weighted by atomic mass is 9.98. The number of aliphatic carboxylic acids is 1. The van der Waals surface area contributed by atoms with Gasteiger partial charge in [-0.25, -0.2) is 4.79 Å². The zero-order valence-electron chi connectivity index (χ0n) is 16.7. The molecule has 0 aromatic heterocycles. The molecule has 0 saturated heterocycles. The number of benzene rings is 3. The van der Waals surface area contributed by atoms with Gasteiger partial charge in [0.2, 0.25) is 0 Å². The maximum atomic E-state index is 12.7. The summed E-state index contributed by atoms with van der Waals surface area (Å²) in [4.78, 5) is 25.0. The van der Waals surface area contributed by atoms with Gasteiger partial charge in [0, 0.05) is 25.1 Å². The van der Waals surface area contributed by atoms with Crippen molar-refractivity contribution in [1.82, 2.24) is 0 Å². The second-order valence-corrected chi connectivity index (χ2v) is 7.43. The van der Waals surface area contributed by atoms with Crippen LogP contribution >= 0.6 is 0 Å². The number of carboxylic acid groups (broad SMARTS) is 1. The SMILES string of the molecule is CN(C(=O)OCC1c2ccccc2-c2ccccc21)c1cccc(CCC(=O)O)c1. The Labute approximate surface area is 175 Å². The Kier molecular flexibility index (Phi) is 5.53. The minimum atomic E-state index is -0.842. The normalized spacial score (nSPS) is 12.2. The predicted octanol–water partition coefficient (Wildman–Crippen LogP) is 5.09. The molecule has 0 fully saturated rings. The first-order valence-corrected chi connectivity index (χ1v) is 9.94. The first-order valence-electron chi connectivity index (χ1n) is 9.94. The van der Waals surface area contributed by atoms with E-state index in [2.05, 4.69) is 24.3 Å². The lowest BCUT2D eigenvalue weighted by molar-refractivity contribution is -0.136. The average molecular weight is 401 g/mol. The number of fused-ring (bicyclic) bond motifs is 3. The van der Waals surface area contributed by atoms with E-state index in [1.165, 1.54) is 27.2 Å². The number of rotatable bonds is 6. The topological polar surface area (TPSA) is 66.8 Å². The van der Waals surface area contributed by atoms with Gasteiger partial charge in [-0.1, -0.05) is 60.7 Å². The van der Waals surface area contributed by atoms with Gasteiger partial charge in [-0.2, -0.15) is 0 Å². The van der Waals surface area contributed by atoms with Gasteiger partial charge in [-0.05, 0) is 46.4 Å². The van der Waals surface area contributed by atoms with Gasteiger partial charge >= 0.3 is 12.1 Å². The molecule has 0 bridgehead atoms. The summed E-state index contributed by atoms with van der Waals surface area (Å²) in [6.07, 6.45) is 0.0343. The maximum Gasteiger partial charge on any atom is 0.414 e. The largest absolute Gasteiger partial charge is 0.481 e. The van der Waals surface area contributed by atoms with E-state index >= 15 is 0 Å². The molecule has 30 heavy (non-hydrogen) atoms. The summed E-state index contributed by atoms with van der Waals surface area (Å²) >= 11 is 0. The number of carboxylic acids is 1. The Morgan fingerprint density at radius 1 is 0.933 bits per heavy atom. The van der Waals surface area contributed by atoms with Crippen LogP contribution in [0.1, 0.15) is 29.0 Å². The molecule has 5 nitrogen and oxygen atoms in total. The summed E-state index contributed by atoms with van der Waals surface area (Å²) in [5.74, 6) is -0.832. The second kappa shape index (κ2) is 8.41. The first kappa shape index (κ1) is 19.7. The van der Waals surface area contributed by atoms with Crippen LogP contribution in [0.3, 0.4) is 0 Å². The Morgan fingerprint density at radius 3 is 2.20 bits per heavy atom. The predicted molar refractivity (Wildman–Crippen MR) is 116 cm³/mol. The molecule has 0 radical (unpaired) electrons. The minimum Gasteiger partial charge on any atom is -0.481 e. The smallest absolute Gasteiger partial charge is 0.414 e. The zero-order chi connectivity index (χ0) is 21.1. The number of carbonyl (C=O) groups is 2. The highest BCUT2D eigenvalue weighted by Crippen LogP contribution is 2.44.